The van der Waals surface area contributed by atoms with Crippen LogP contribution in [-0.4, -0.2) is 80.5 Å². The zero-order chi connectivity index (χ0) is 46.4. The SMILES string of the molecule is C=C.CC.COC(=O)N[C@H](C(=O)N1CCC[C@H]1c1nc2c(ccc3cc(-c4ccc5c(ccc6[nH]c(C7C=C=CN7C(=O)[C@H](NC(=O)OC)c7ccccc7)nc65)c4)ccc32)[nH]1)C(C)C.[HH].[HH].[HH]. The number of amides is 4. The molecule has 0 aliphatic carbocycles. The van der Waals surface area contributed by atoms with E-state index in [9.17, 15) is 19.2 Å². The topological polar surface area (TPSA) is 175 Å². The third-order valence-corrected chi connectivity index (χ3v) is 11.7. The Morgan fingerprint density at radius 1 is 0.769 bits per heavy atom. The number of imidazole rings is 2. The molecule has 65 heavy (non-hydrogen) atoms. The van der Waals surface area contributed by atoms with E-state index in [1.54, 1.807) is 24.4 Å². The number of alkyl carbamates (subject to hydrolysis) is 2. The Morgan fingerprint density at radius 3 is 1.92 bits per heavy atom. The van der Waals surface area contributed by atoms with Gasteiger partial charge in [-0.15, -0.1) is 18.9 Å². The van der Waals surface area contributed by atoms with E-state index in [4.69, 9.17) is 19.4 Å². The molecule has 4 N–H and O–H groups in total. The lowest BCUT2D eigenvalue weighted by molar-refractivity contribution is -0.135. The highest BCUT2D eigenvalue weighted by atomic mass is 16.5. The summed E-state index contributed by atoms with van der Waals surface area (Å²) in [6, 6.07) is 27.4. The minimum absolute atomic E-state index is 0. The number of rotatable bonds is 9. The van der Waals surface area contributed by atoms with E-state index in [1.165, 1.54) is 19.1 Å². The molecule has 9 rings (SSSR count). The van der Waals surface area contributed by atoms with Crippen molar-refractivity contribution in [3.63, 3.8) is 0 Å². The molecule has 4 atom stereocenters. The van der Waals surface area contributed by atoms with Gasteiger partial charge >= 0.3 is 12.2 Å². The molecule has 1 unspecified atom stereocenters. The van der Waals surface area contributed by atoms with Crippen LogP contribution in [0, 0.1) is 5.92 Å². The van der Waals surface area contributed by atoms with Gasteiger partial charge in [-0.25, -0.2) is 19.6 Å². The van der Waals surface area contributed by atoms with Crippen LogP contribution in [0.1, 0.15) is 80.2 Å². The van der Waals surface area contributed by atoms with Gasteiger partial charge in [-0.1, -0.05) is 94.4 Å². The molecule has 4 heterocycles. The van der Waals surface area contributed by atoms with Gasteiger partial charge in [0.1, 0.15) is 29.8 Å². The van der Waals surface area contributed by atoms with Crippen LogP contribution >= 0.6 is 0 Å². The number of methoxy groups -OCH3 is 2. The monoisotopic (exact) mass is 880 g/mol. The number of likely N-dealkylation sites (tertiary alicyclic amines) is 1. The number of ether oxygens (including phenoxy) is 2. The maximum Gasteiger partial charge on any atom is 0.407 e. The molecule has 340 valence electrons. The molecule has 14 nitrogen and oxygen atoms in total. The van der Waals surface area contributed by atoms with Gasteiger partial charge in [-0.05, 0) is 76.6 Å². The zero-order valence-corrected chi connectivity index (χ0v) is 37.5. The summed E-state index contributed by atoms with van der Waals surface area (Å²) in [5, 5.41) is 9.38. The van der Waals surface area contributed by atoms with Crippen molar-refractivity contribution >= 4 is 67.6 Å². The highest BCUT2D eigenvalue weighted by Gasteiger charge is 2.38. The average molecular weight is 881 g/mol. The summed E-state index contributed by atoms with van der Waals surface area (Å²) in [5.41, 5.74) is 9.08. The number of aromatic amines is 2. The van der Waals surface area contributed by atoms with Crippen molar-refractivity contribution in [1.82, 2.24) is 40.4 Å². The largest absolute Gasteiger partial charge is 0.453 e. The molecule has 5 aromatic carbocycles. The molecule has 0 radical (unpaired) electrons. The molecule has 7 aromatic rings. The molecule has 14 heteroatoms. The van der Waals surface area contributed by atoms with E-state index in [2.05, 4.69) is 88.0 Å². The second kappa shape index (κ2) is 19.8. The summed E-state index contributed by atoms with van der Waals surface area (Å²) >= 11 is 0. The highest BCUT2D eigenvalue weighted by molar-refractivity contribution is 6.07. The van der Waals surface area contributed by atoms with Gasteiger partial charge in [0, 0.05) is 21.6 Å². The Morgan fingerprint density at radius 2 is 1.34 bits per heavy atom. The van der Waals surface area contributed by atoms with Crippen molar-refractivity contribution in [3.05, 3.63) is 139 Å². The Hall–Kier alpha value is -7.70. The van der Waals surface area contributed by atoms with Crippen molar-refractivity contribution in [3.8, 4) is 11.1 Å². The Bertz CT molecular complexity index is 2970. The predicted octanol–water partition coefficient (Wildman–Crippen LogP) is 10.7. The van der Waals surface area contributed by atoms with Crippen LogP contribution in [-0.2, 0) is 19.1 Å². The van der Waals surface area contributed by atoms with Crippen LogP contribution in [0.15, 0.2) is 122 Å². The number of carbonyl (C=O) groups is 4. The predicted molar refractivity (Wildman–Crippen MR) is 260 cm³/mol. The molecule has 2 aliphatic heterocycles. The highest BCUT2D eigenvalue weighted by Crippen LogP contribution is 2.37. The molecule has 2 aromatic heterocycles. The Labute approximate surface area is 381 Å². The van der Waals surface area contributed by atoms with E-state index in [0.717, 1.165) is 73.4 Å². The van der Waals surface area contributed by atoms with E-state index < -0.39 is 30.3 Å². The third kappa shape index (κ3) is 8.94. The van der Waals surface area contributed by atoms with Crippen LogP contribution in [0.4, 0.5) is 9.59 Å². The van der Waals surface area contributed by atoms with E-state index >= 15 is 0 Å². The van der Waals surface area contributed by atoms with Crippen LogP contribution in [0.5, 0.6) is 0 Å². The first-order valence-electron chi connectivity index (χ1n) is 21.8. The lowest BCUT2D eigenvalue weighted by atomic mass is 9.98. The van der Waals surface area contributed by atoms with E-state index in [-0.39, 0.29) is 28.1 Å². The van der Waals surface area contributed by atoms with Crippen molar-refractivity contribution in [2.24, 2.45) is 5.92 Å². The van der Waals surface area contributed by atoms with Gasteiger partial charge in [0.2, 0.25) is 5.91 Å². The smallest absolute Gasteiger partial charge is 0.407 e. The first kappa shape index (κ1) is 45.3. The number of carbonyl (C=O) groups excluding carboxylic acids is 4. The summed E-state index contributed by atoms with van der Waals surface area (Å²) in [6.45, 7) is 14.4. The second-order valence-electron chi connectivity index (χ2n) is 15.7. The fraction of sp³-hybridized carbons (Fsp3) is 0.275. The molecule has 1 fully saturated rings. The fourth-order valence-corrected chi connectivity index (χ4v) is 8.54. The van der Waals surface area contributed by atoms with Crippen LogP contribution < -0.4 is 10.6 Å². The summed E-state index contributed by atoms with van der Waals surface area (Å²) in [5.74, 6) is 0.667. The maximum absolute atomic E-state index is 14.0. The summed E-state index contributed by atoms with van der Waals surface area (Å²) in [7, 11) is 2.55. The quantitative estimate of drug-likeness (QED) is 0.0818. The van der Waals surface area contributed by atoms with Crippen LogP contribution in [0.25, 0.3) is 54.7 Å². The fourth-order valence-electron chi connectivity index (χ4n) is 8.54. The molecule has 0 spiro atoms. The Balaban J connectivity index is 0.00000140. The second-order valence-corrected chi connectivity index (χ2v) is 15.7. The number of hydrogen-bond acceptors (Lipinski definition) is 8. The molecule has 1 saturated heterocycles. The first-order chi connectivity index (χ1) is 31.6. The van der Waals surface area contributed by atoms with Gasteiger partial charge in [0.15, 0.2) is 0 Å². The number of hydrogen-bond donors (Lipinski definition) is 4. The summed E-state index contributed by atoms with van der Waals surface area (Å²) < 4.78 is 9.62. The minimum Gasteiger partial charge on any atom is -0.453 e. The van der Waals surface area contributed by atoms with Crippen LogP contribution in [0.2, 0.25) is 0 Å². The Kier molecular flexibility index (Phi) is 13.8. The number of benzene rings is 5. The third-order valence-electron chi connectivity index (χ3n) is 11.7. The van der Waals surface area contributed by atoms with Crippen molar-refractivity contribution in [1.29, 1.82) is 0 Å². The number of aromatic nitrogens is 4. The number of nitrogens with one attached hydrogen (secondary N) is 4. The average Bonchev–Trinajstić information content (AvgIpc) is 4.19. The summed E-state index contributed by atoms with van der Waals surface area (Å²) in [4.78, 5) is 72.4. The molecule has 0 saturated carbocycles. The zero-order valence-electron chi connectivity index (χ0n) is 37.5. The summed E-state index contributed by atoms with van der Waals surface area (Å²) in [6.07, 6.45) is 3.60. The molecule has 0 bridgehead atoms. The van der Waals surface area contributed by atoms with Gasteiger partial charge < -0.3 is 35.0 Å². The minimum atomic E-state index is -0.982. The lowest BCUT2D eigenvalue weighted by Gasteiger charge is -2.29. The first-order valence-corrected chi connectivity index (χ1v) is 21.8. The lowest BCUT2D eigenvalue weighted by Crippen LogP contribution is -2.51. The van der Waals surface area contributed by atoms with Gasteiger partial charge in [-0.3, -0.25) is 14.5 Å². The molecule has 4 amide bonds. The molecule has 2 aliphatic rings. The number of fused-ring (bicyclic) bond motifs is 6. The van der Waals surface area contributed by atoms with Crippen molar-refractivity contribution in [2.75, 3.05) is 20.8 Å². The van der Waals surface area contributed by atoms with E-state index in [0.29, 0.717) is 17.9 Å². The van der Waals surface area contributed by atoms with Gasteiger partial charge in [-0.2, -0.15) is 0 Å². The van der Waals surface area contributed by atoms with E-state index in [1.807, 2.05) is 62.9 Å². The van der Waals surface area contributed by atoms with Gasteiger partial charge in [0.05, 0.1) is 48.5 Å². The molecular formula is C51H60N8O6. The number of H-pyrrole nitrogens is 2. The molecular weight excluding hydrogens is 821 g/mol. The maximum atomic E-state index is 14.0. The van der Waals surface area contributed by atoms with Crippen LogP contribution in [0.3, 0.4) is 0 Å². The van der Waals surface area contributed by atoms with Gasteiger partial charge in [0.25, 0.3) is 5.91 Å². The van der Waals surface area contributed by atoms with Crippen molar-refractivity contribution < 1.29 is 32.9 Å². The normalized spacial score (nSPS) is 16.2. The number of nitrogens with zero attached hydrogens (tertiary/aromatic N) is 4. The standard InChI is InChI=1S/C47H44N8O6.C2H6.C2H4.3H2/c1-26(2)38(52-46(58)60-3)44(56)54-22-8-12-36(54)42-48-34-20-16-30-24-28(14-18-32(30)40(34)50-42)29-15-19-33-31(25-29)17-21-35-41(33)51-43(49-35)37-13-9-23-55(37)45(57)39(53-47(59)61-4)27-10-6-5-7-11-27;2*1-2;;;/h5-7,10-11,13-21,23-26,36-39H,8,12,22H2,1-4H3,(H,48,50)(H,49,51)(H,52,58)(H,53,59);1-2H3;1-2H2;3*1H/t36-,37?,38-,39+;;;;;/m0...../s1. The van der Waals surface area contributed by atoms with Crippen molar-refractivity contribution in [2.45, 2.75) is 64.7 Å².